The van der Waals surface area contributed by atoms with Gasteiger partial charge in [0.25, 0.3) is 0 Å². The maximum Gasteiger partial charge on any atom is 0.223 e. The summed E-state index contributed by atoms with van der Waals surface area (Å²) in [5.74, 6) is 1.57. The van der Waals surface area contributed by atoms with Gasteiger partial charge in [-0.1, -0.05) is 6.07 Å². The van der Waals surface area contributed by atoms with E-state index in [4.69, 9.17) is 0 Å². The Hall–Kier alpha value is -2.21. The first kappa shape index (κ1) is 15.3. The molecule has 126 valence electrons. The lowest BCUT2D eigenvalue weighted by atomic mass is 10.2. The van der Waals surface area contributed by atoms with Crippen LogP contribution < -0.4 is 5.32 Å². The summed E-state index contributed by atoms with van der Waals surface area (Å²) in [4.78, 5) is 23.1. The van der Waals surface area contributed by atoms with Crippen molar-refractivity contribution < 1.29 is 4.79 Å². The summed E-state index contributed by atoms with van der Waals surface area (Å²) in [6.07, 6.45) is 8.31. The predicted molar refractivity (Wildman–Crippen MR) is 89.8 cm³/mol. The molecule has 2 aromatic heterocycles. The molecule has 3 heterocycles. The molecule has 1 aliphatic carbocycles. The van der Waals surface area contributed by atoms with Crippen LogP contribution >= 0.6 is 0 Å². The number of carbonyl (C=O) groups is 1. The summed E-state index contributed by atoms with van der Waals surface area (Å²) >= 11 is 0. The molecule has 0 radical (unpaired) electrons. The second kappa shape index (κ2) is 6.73. The van der Waals surface area contributed by atoms with Gasteiger partial charge in [0.15, 0.2) is 0 Å². The van der Waals surface area contributed by atoms with Crippen LogP contribution in [0, 0.1) is 17.8 Å². The molecule has 3 atom stereocenters. The molecular weight excluding hydrogens is 302 g/mol. The highest BCUT2D eigenvalue weighted by molar-refractivity contribution is 5.82. The SMILES string of the molecule is O=C(NCCCn1ccnc1)C1[C@H]2CN(Cc3ccccn3)C[C@@H]12. The van der Waals surface area contributed by atoms with Crippen LogP contribution in [0.25, 0.3) is 0 Å². The molecule has 6 heteroatoms. The predicted octanol–water partition coefficient (Wildman–Crippen LogP) is 1.16. The Morgan fingerprint density at radius 3 is 2.83 bits per heavy atom. The maximum atomic E-state index is 12.3. The van der Waals surface area contributed by atoms with Gasteiger partial charge < -0.3 is 9.88 Å². The molecule has 6 nitrogen and oxygen atoms in total. The molecule has 1 unspecified atom stereocenters. The van der Waals surface area contributed by atoms with Crippen LogP contribution in [0.5, 0.6) is 0 Å². The van der Waals surface area contributed by atoms with E-state index in [-0.39, 0.29) is 11.8 Å². The van der Waals surface area contributed by atoms with E-state index in [9.17, 15) is 4.79 Å². The van der Waals surface area contributed by atoms with Crippen molar-refractivity contribution in [1.29, 1.82) is 0 Å². The fraction of sp³-hybridized carbons (Fsp3) is 0.500. The van der Waals surface area contributed by atoms with Crippen molar-refractivity contribution >= 4 is 5.91 Å². The molecule has 1 saturated carbocycles. The van der Waals surface area contributed by atoms with Crippen molar-refractivity contribution in [1.82, 2.24) is 24.8 Å². The van der Waals surface area contributed by atoms with Gasteiger partial charge in [0, 0.05) is 57.2 Å². The number of aryl methyl sites for hydroxylation is 1. The van der Waals surface area contributed by atoms with E-state index < -0.39 is 0 Å². The van der Waals surface area contributed by atoms with E-state index in [1.165, 1.54) is 0 Å². The maximum absolute atomic E-state index is 12.3. The van der Waals surface area contributed by atoms with E-state index in [0.717, 1.165) is 44.8 Å². The van der Waals surface area contributed by atoms with E-state index >= 15 is 0 Å². The summed E-state index contributed by atoms with van der Waals surface area (Å²) in [5.41, 5.74) is 1.11. The van der Waals surface area contributed by atoms with Crippen LogP contribution in [-0.2, 0) is 17.9 Å². The van der Waals surface area contributed by atoms with Crippen molar-refractivity contribution in [2.75, 3.05) is 19.6 Å². The van der Waals surface area contributed by atoms with Gasteiger partial charge in [-0.3, -0.25) is 14.7 Å². The third-order valence-corrected chi connectivity index (χ3v) is 5.14. The Balaban J connectivity index is 1.16. The number of likely N-dealkylation sites (tertiary alicyclic amines) is 1. The molecule has 2 fully saturated rings. The fourth-order valence-electron chi connectivity index (χ4n) is 3.86. The number of nitrogens with one attached hydrogen (secondary N) is 1. The topological polar surface area (TPSA) is 63.1 Å². The van der Waals surface area contributed by atoms with E-state index in [2.05, 4.69) is 26.3 Å². The van der Waals surface area contributed by atoms with Crippen molar-refractivity contribution in [2.24, 2.45) is 17.8 Å². The second-order valence-corrected chi connectivity index (χ2v) is 6.81. The summed E-state index contributed by atoms with van der Waals surface area (Å²) in [6.45, 7) is 4.58. The Kier molecular flexibility index (Phi) is 4.30. The number of piperidine rings is 1. The van der Waals surface area contributed by atoms with Crippen LogP contribution in [0.2, 0.25) is 0 Å². The third-order valence-electron chi connectivity index (χ3n) is 5.14. The first-order valence-corrected chi connectivity index (χ1v) is 8.67. The Bertz CT molecular complexity index is 660. The van der Waals surface area contributed by atoms with E-state index in [0.29, 0.717) is 11.8 Å². The zero-order valence-electron chi connectivity index (χ0n) is 13.7. The van der Waals surface area contributed by atoms with Crippen LogP contribution in [0.1, 0.15) is 12.1 Å². The van der Waals surface area contributed by atoms with Gasteiger partial charge in [-0.05, 0) is 30.4 Å². The molecule has 1 amide bonds. The van der Waals surface area contributed by atoms with Crippen LogP contribution in [0.4, 0.5) is 0 Å². The molecule has 0 bridgehead atoms. The monoisotopic (exact) mass is 325 g/mol. The van der Waals surface area contributed by atoms with Gasteiger partial charge in [0.2, 0.25) is 5.91 Å². The number of aromatic nitrogens is 3. The van der Waals surface area contributed by atoms with Crippen LogP contribution in [0.3, 0.4) is 0 Å². The number of hydrogen-bond acceptors (Lipinski definition) is 4. The highest BCUT2D eigenvalue weighted by Crippen LogP contribution is 2.51. The highest BCUT2D eigenvalue weighted by Gasteiger charge is 2.58. The number of nitrogens with zero attached hydrogens (tertiary/aromatic N) is 4. The Morgan fingerprint density at radius 2 is 2.12 bits per heavy atom. The minimum absolute atomic E-state index is 0.234. The molecule has 4 rings (SSSR count). The molecule has 0 spiro atoms. The fourth-order valence-corrected chi connectivity index (χ4v) is 3.86. The average molecular weight is 325 g/mol. The van der Waals surface area contributed by atoms with E-state index in [1.807, 2.05) is 35.4 Å². The summed E-state index contributed by atoms with van der Waals surface area (Å²) < 4.78 is 2.04. The smallest absolute Gasteiger partial charge is 0.223 e. The second-order valence-electron chi connectivity index (χ2n) is 6.81. The van der Waals surface area contributed by atoms with Gasteiger partial charge in [0.1, 0.15) is 0 Å². The molecule has 0 aromatic carbocycles. The van der Waals surface area contributed by atoms with Crippen molar-refractivity contribution in [3.63, 3.8) is 0 Å². The molecule has 24 heavy (non-hydrogen) atoms. The van der Waals surface area contributed by atoms with Crippen LogP contribution in [0.15, 0.2) is 43.1 Å². The van der Waals surface area contributed by atoms with Gasteiger partial charge in [0.05, 0.1) is 12.0 Å². The highest BCUT2D eigenvalue weighted by atomic mass is 16.2. The lowest BCUT2D eigenvalue weighted by Crippen LogP contribution is -2.32. The van der Waals surface area contributed by atoms with Gasteiger partial charge in [-0.15, -0.1) is 0 Å². The van der Waals surface area contributed by atoms with E-state index in [1.54, 1.807) is 6.20 Å². The average Bonchev–Trinajstić information content (AvgIpc) is 2.97. The first-order valence-electron chi connectivity index (χ1n) is 8.67. The number of hydrogen-bond donors (Lipinski definition) is 1. The standard InChI is InChI=1S/C18H23N5O/c24-18(21-6-3-8-22-9-7-19-13-22)17-15-11-23(12-16(15)17)10-14-4-1-2-5-20-14/h1-2,4-5,7,9,13,15-17H,3,6,8,10-12H2,(H,21,24)/t15-,16+,17?. The zero-order valence-corrected chi connectivity index (χ0v) is 13.7. The lowest BCUT2D eigenvalue weighted by Gasteiger charge is -2.18. The summed E-state index contributed by atoms with van der Waals surface area (Å²) in [7, 11) is 0. The molecule has 2 aliphatic rings. The minimum Gasteiger partial charge on any atom is -0.356 e. The van der Waals surface area contributed by atoms with Gasteiger partial charge in [-0.25, -0.2) is 4.98 Å². The molecule has 1 aliphatic heterocycles. The molecular formula is C18H23N5O. The van der Waals surface area contributed by atoms with Crippen molar-refractivity contribution in [3.05, 3.63) is 48.8 Å². The molecule has 2 aromatic rings. The Morgan fingerprint density at radius 1 is 1.25 bits per heavy atom. The van der Waals surface area contributed by atoms with Crippen molar-refractivity contribution in [3.8, 4) is 0 Å². The van der Waals surface area contributed by atoms with Crippen LogP contribution in [-0.4, -0.2) is 45.0 Å². The summed E-state index contributed by atoms with van der Waals surface area (Å²) in [6, 6.07) is 6.03. The quantitative estimate of drug-likeness (QED) is 0.776. The van der Waals surface area contributed by atoms with Crippen molar-refractivity contribution in [2.45, 2.75) is 19.5 Å². The number of carbonyl (C=O) groups excluding carboxylic acids is 1. The number of pyridine rings is 1. The van der Waals surface area contributed by atoms with Gasteiger partial charge >= 0.3 is 0 Å². The molecule has 1 saturated heterocycles. The number of amides is 1. The number of fused-ring (bicyclic) bond motifs is 1. The Labute approximate surface area is 141 Å². The normalized spacial score (nSPS) is 25.4. The van der Waals surface area contributed by atoms with Gasteiger partial charge in [-0.2, -0.15) is 0 Å². The zero-order chi connectivity index (χ0) is 16.4. The molecule has 1 N–H and O–H groups in total. The minimum atomic E-state index is 0.234. The first-order chi connectivity index (χ1) is 11.8. The summed E-state index contributed by atoms with van der Waals surface area (Å²) in [5, 5.41) is 3.10. The largest absolute Gasteiger partial charge is 0.356 e. The number of imidazole rings is 1. The third kappa shape index (κ3) is 3.33. The lowest BCUT2D eigenvalue weighted by molar-refractivity contribution is -0.123. The number of rotatable bonds is 7.